The highest BCUT2D eigenvalue weighted by molar-refractivity contribution is 6.30. The van der Waals surface area contributed by atoms with Crippen LogP contribution in [0.15, 0.2) is 45.9 Å². The van der Waals surface area contributed by atoms with Gasteiger partial charge in [-0.3, -0.25) is 9.69 Å². The van der Waals surface area contributed by atoms with Crippen LogP contribution < -0.4 is 0 Å². The number of nitrogens with zero attached hydrogens (tertiary/aromatic N) is 5. The van der Waals surface area contributed by atoms with Crippen LogP contribution >= 0.6 is 36.4 Å². The molecule has 0 radical (unpaired) electrons. The molecule has 11 heteroatoms. The SMILES string of the molecule is CN1CCN(CCCCN2C(=O)CN(N=Cc3ccc(-c4ccc(Cl)cc4)o3)C2=O)CC1.Cl.Cl. The molecule has 3 amide bonds. The predicted molar refractivity (Wildman–Crippen MR) is 138 cm³/mol. The fourth-order valence-corrected chi connectivity index (χ4v) is 3.96. The van der Waals surface area contributed by atoms with Gasteiger partial charge >= 0.3 is 6.03 Å². The van der Waals surface area contributed by atoms with E-state index in [1.165, 1.54) is 16.1 Å². The minimum absolute atomic E-state index is 0. The first-order valence-corrected chi connectivity index (χ1v) is 11.3. The Labute approximate surface area is 217 Å². The number of carbonyl (C=O) groups excluding carboxylic acids is 2. The fourth-order valence-electron chi connectivity index (χ4n) is 3.83. The Morgan fingerprint density at radius 2 is 1.65 bits per heavy atom. The van der Waals surface area contributed by atoms with Crippen LogP contribution in [0.3, 0.4) is 0 Å². The van der Waals surface area contributed by atoms with Crippen LogP contribution in [0.25, 0.3) is 11.3 Å². The minimum Gasteiger partial charge on any atom is -0.455 e. The maximum absolute atomic E-state index is 12.6. The average molecular weight is 531 g/mol. The first kappa shape index (κ1) is 28.1. The number of amides is 3. The van der Waals surface area contributed by atoms with Gasteiger partial charge in [-0.1, -0.05) is 11.6 Å². The highest BCUT2D eigenvalue weighted by Crippen LogP contribution is 2.23. The Morgan fingerprint density at radius 3 is 2.35 bits per heavy atom. The van der Waals surface area contributed by atoms with E-state index in [-0.39, 0.29) is 43.3 Å². The summed E-state index contributed by atoms with van der Waals surface area (Å²) in [4.78, 5) is 30.9. The summed E-state index contributed by atoms with van der Waals surface area (Å²) < 4.78 is 5.77. The zero-order valence-electron chi connectivity index (χ0n) is 19.1. The Kier molecular flexibility index (Phi) is 10.9. The molecule has 2 saturated heterocycles. The number of halogens is 3. The molecule has 0 N–H and O–H groups in total. The molecule has 34 heavy (non-hydrogen) atoms. The summed E-state index contributed by atoms with van der Waals surface area (Å²) in [6.45, 7) is 5.72. The van der Waals surface area contributed by atoms with Crippen LogP contribution in [-0.4, -0.2) is 90.7 Å². The monoisotopic (exact) mass is 529 g/mol. The van der Waals surface area contributed by atoms with E-state index >= 15 is 0 Å². The molecular weight excluding hydrogens is 501 g/mol. The van der Waals surface area contributed by atoms with Crippen LogP contribution in [0.1, 0.15) is 18.6 Å². The lowest BCUT2D eigenvalue weighted by Crippen LogP contribution is -2.44. The third-order valence-electron chi connectivity index (χ3n) is 5.82. The van der Waals surface area contributed by atoms with Gasteiger partial charge in [0.1, 0.15) is 18.1 Å². The van der Waals surface area contributed by atoms with Crippen LogP contribution in [0.2, 0.25) is 5.02 Å². The molecule has 0 spiro atoms. The summed E-state index contributed by atoms with van der Waals surface area (Å²) in [5.41, 5.74) is 0.893. The second-order valence-electron chi connectivity index (χ2n) is 8.19. The van der Waals surface area contributed by atoms with Crippen molar-refractivity contribution in [1.29, 1.82) is 0 Å². The zero-order valence-corrected chi connectivity index (χ0v) is 21.4. The van der Waals surface area contributed by atoms with Crippen LogP contribution in [0.4, 0.5) is 4.79 Å². The number of likely N-dealkylation sites (N-methyl/N-ethyl adjacent to an activating group) is 1. The molecule has 2 aliphatic heterocycles. The second kappa shape index (κ2) is 13.1. The Balaban J connectivity index is 0.00000204. The quantitative estimate of drug-likeness (QED) is 0.292. The third-order valence-corrected chi connectivity index (χ3v) is 6.07. The molecular formula is C23H30Cl3N5O3. The molecule has 1 aromatic heterocycles. The fraction of sp³-hybridized carbons (Fsp3) is 0.435. The summed E-state index contributed by atoms with van der Waals surface area (Å²) in [5.74, 6) is 0.961. The van der Waals surface area contributed by atoms with E-state index in [1.807, 2.05) is 18.2 Å². The summed E-state index contributed by atoms with van der Waals surface area (Å²) >= 11 is 5.92. The number of unbranched alkanes of at least 4 members (excludes halogenated alkanes) is 1. The van der Waals surface area contributed by atoms with Crippen molar-refractivity contribution in [2.45, 2.75) is 12.8 Å². The van der Waals surface area contributed by atoms with Crippen molar-refractivity contribution in [3.8, 4) is 11.3 Å². The lowest BCUT2D eigenvalue weighted by atomic mass is 10.2. The molecule has 0 saturated carbocycles. The number of hydrogen-bond acceptors (Lipinski definition) is 6. The largest absolute Gasteiger partial charge is 0.455 e. The summed E-state index contributed by atoms with van der Waals surface area (Å²) in [7, 11) is 2.14. The lowest BCUT2D eigenvalue weighted by Gasteiger charge is -2.32. The van der Waals surface area contributed by atoms with Crippen molar-refractivity contribution in [2.75, 3.05) is 52.9 Å². The number of benzene rings is 1. The van der Waals surface area contributed by atoms with Crippen molar-refractivity contribution < 1.29 is 14.0 Å². The van der Waals surface area contributed by atoms with Gasteiger partial charge in [-0.2, -0.15) is 5.10 Å². The number of piperazine rings is 1. The number of urea groups is 1. The van der Waals surface area contributed by atoms with Crippen molar-refractivity contribution in [1.82, 2.24) is 19.7 Å². The number of rotatable bonds is 8. The Morgan fingerprint density at radius 1 is 0.971 bits per heavy atom. The van der Waals surface area contributed by atoms with E-state index < -0.39 is 0 Å². The second-order valence-corrected chi connectivity index (χ2v) is 8.63. The Hall–Kier alpha value is -2.10. The van der Waals surface area contributed by atoms with E-state index in [1.54, 1.807) is 18.2 Å². The highest BCUT2D eigenvalue weighted by atomic mass is 35.5. The van der Waals surface area contributed by atoms with Gasteiger partial charge < -0.3 is 14.2 Å². The van der Waals surface area contributed by atoms with Crippen LogP contribution in [0, 0.1) is 0 Å². The predicted octanol–water partition coefficient (Wildman–Crippen LogP) is 4.07. The topological polar surface area (TPSA) is 72.6 Å². The maximum atomic E-state index is 12.6. The number of furan rings is 1. The molecule has 2 fully saturated rings. The molecule has 0 aliphatic carbocycles. The summed E-state index contributed by atoms with van der Waals surface area (Å²) in [6.07, 6.45) is 3.22. The molecule has 4 rings (SSSR count). The van der Waals surface area contributed by atoms with Gasteiger partial charge in [-0.25, -0.2) is 9.80 Å². The lowest BCUT2D eigenvalue weighted by molar-refractivity contribution is -0.125. The van der Waals surface area contributed by atoms with Gasteiger partial charge in [0.25, 0.3) is 5.91 Å². The van der Waals surface area contributed by atoms with E-state index in [4.69, 9.17) is 16.0 Å². The van der Waals surface area contributed by atoms with Gasteiger partial charge in [0.2, 0.25) is 0 Å². The van der Waals surface area contributed by atoms with Gasteiger partial charge in [0, 0.05) is 43.3 Å². The van der Waals surface area contributed by atoms with Gasteiger partial charge in [0.05, 0.1) is 6.21 Å². The van der Waals surface area contributed by atoms with E-state index in [2.05, 4.69) is 21.9 Å². The van der Waals surface area contributed by atoms with E-state index in [0.29, 0.717) is 23.1 Å². The van der Waals surface area contributed by atoms with Crippen molar-refractivity contribution in [2.24, 2.45) is 5.10 Å². The van der Waals surface area contributed by atoms with Gasteiger partial charge in [-0.05, 0) is 62.8 Å². The standard InChI is InChI=1S/C23H28ClN5O3.2ClH/c1-26-12-14-27(15-13-26)10-2-3-11-28-22(30)17-29(23(28)31)25-16-20-8-9-21(32-20)18-4-6-19(24)7-5-18;;/h4-9,16H,2-3,10-15,17H2,1H3;2*1H. The molecule has 2 aromatic rings. The Bertz CT molecular complexity index is 974. The van der Waals surface area contributed by atoms with Crippen molar-refractivity contribution >= 4 is 54.6 Å². The molecule has 3 heterocycles. The number of hydrazone groups is 1. The number of hydrogen-bond donors (Lipinski definition) is 0. The average Bonchev–Trinajstić information content (AvgIpc) is 3.36. The molecule has 2 aliphatic rings. The van der Waals surface area contributed by atoms with Gasteiger partial charge in [0.15, 0.2) is 0 Å². The first-order valence-electron chi connectivity index (χ1n) is 10.9. The molecule has 0 atom stereocenters. The number of imide groups is 1. The molecule has 0 bridgehead atoms. The molecule has 186 valence electrons. The smallest absolute Gasteiger partial charge is 0.347 e. The maximum Gasteiger partial charge on any atom is 0.347 e. The summed E-state index contributed by atoms with van der Waals surface area (Å²) in [5, 5.41) is 6.02. The summed E-state index contributed by atoms with van der Waals surface area (Å²) in [6, 6.07) is 10.5. The third kappa shape index (κ3) is 7.20. The minimum atomic E-state index is -0.379. The number of carbonyl (C=O) groups is 2. The van der Waals surface area contributed by atoms with Crippen LogP contribution in [0.5, 0.6) is 0 Å². The molecule has 8 nitrogen and oxygen atoms in total. The zero-order chi connectivity index (χ0) is 22.5. The highest BCUT2D eigenvalue weighted by Gasteiger charge is 2.35. The molecule has 0 unspecified atom stereocenters. The van der Waals surface area contributed by atoms with E-state index in [0.717, 1.165) is 51.1 Å². The van der Waals surface area contributed by atoms with Crippen LogP contribution in [-0.2, 0) is 4.79 Å². The van der Waals surface area contributed by atoms with Crippen molar-refractivity contribution in [3.05, 3.63) is 47.2 Å². The van der Waals surface area contributed by atoms with Gasteiger partial charge in [-0.15, -0.1) is 24.8 Å². The first-order chi connectivity index (χ1) is 15.5. The molecule has 1 aromatic carbocycles. The van der Waals surface area contributed by atoms with Crippen molar-refractivity contribution in [3.63, 3.8) is 0 Å². The normalized spacial score (nSPS) is 17.4. The van der Waals surface area contributed by atoms with E-state index in [9.17, 15) is 9.59 Å².